The van der Waals surface area contributed by atoms with Crippen molar-refractivity contribution in [3.05, 3.63) is 0 Å². The SMILES string of the molecule is CO[C@@H]1C(C(=O)O)O[C@@H](O[C@@H]2C(C(=O)O)O[C@@H](O)C(O)C2O)C(O)C1O. The van der Waals surface area contributed by atoms with Crippen molar-refractivity contribution in [1.29, 1.82) is 0 Å². The number of aliphatic hydroxyl groups is 5. The first-order valence-corrected chi connectivity index (χ1v) is 7.45. The van der Waals surface area contributed by atoms with Crippen LogP contribution in [0.2, 0.25) is 0 Å². The average Bonchev–Trinajstić information content (AvgIpc) is 2.58. The molecule has 0 aromatic heterocycles. The highest BCUT2D eigenvalue weighted by atomic mass is 16.7. The molecule has 0 aliphatic carbocycles. The van der Waals surface area contributed by atoms with Crippen LogP contribution in [0.4, 0.5) is 0 Å². The predicted octanol–water partition coefficient (Wildman–Crippen LogP) is -4.56. The van der Waals surface area contributed by atoms with Gasteiger partial charge in [-0.2, -0.15) is 0 Å². The van der Waals surface area contributed by atoms with Crippen molar-refractivity contribution in [2.24, 2.45) is 0 Å². The van der Waals surface area contributed by atoms with Crippen molar-refractivity contribution in [2.45, 2.75) is 61.4 Å². The third kappa shape index (κ3) is 3.80. The Balaban J connectivity index is 2.23. The lowest BCUT2D eigenvalue weighted by atomic mass is 9.96. The van der Waals surface area contributed by atoms with Crippen LogP contribution in [0, 0.1) is 0 Å². The van der Waals surface area contributed by atoms with E-state index < -0.39 is 73.4 Å². The van der Waals surface area contributed by atoms with Gasteiger partial charge in [-0.15, -0.1) is 0 Å². The number of aliphatic carboxylic acids is 2. The Bertz CT molecular complexity index is 526. The van der Waals surface area contributed by atoms with Crippen LogP contribution in [0.5, 0.6) is 0 Å². The van der Waals surface area contributed by atoms with Crippen molar-refractivity contribution in [3.63, 3.8) is 0 Å². The molecule has 13 nitrogen and oxygen atoms in total. The summed E-state index contributed by atoms with van der Waals surface area (Å²) in [7, 11) is 1.08. The van der Waals surface area contributed by atoms with E-state index in [2.05, 4.69) is 4.74 Å². The lowest BCUT2D eigenvalue weighted by Gasteiger charge is -2.44. The second-order valence-corrected chi connectivity index (χ2v) is 5.81. The molecule has 7 N–H and O–H groups in total. The molecule has 26 heavy (non-hydrogen) atoms. The molecule has 2 heterocycles. The first-order valence-electron chi connectivity index (χ1n) is 7.45. The highest BCUT2D eigenvalue weighted by molar-refractivity contribution is 5.74. The van der Waals surface area contributed by atoms with E-state index in [4.69, 9.17) is 24.4 Å². The summed E-state index contributed by atoms with van der Waals surface area (Å²) in [6, 6.07) is 0. The number of hydrogen-bond donors (Lipinski definition) is 7. The van der Waals surface area contributed by atoms with Crippen LogP contribution >= 0.6 is 0 Å². The third-order valence-corrected chi connectivity index (χ3v) is 4.16. The molecular formula is C13H20O13. The zero-order valence-electron chi connectivity index (χ0n) is 13.4. The Morgan fingerprint density at radius 1 is 0.769 bits per heavy atom. The summed E-state index contributed by atoms with van der Waals surface area (Å²) in [6.07, 6.45) is -18.5. The van der Waals surface area contributed by atoms with E-state index >= 15 is 0 Å². The lowest BCUT2D eigenvalue weighted by Crippen LogP contribution is -2.65. The van der Waals surface area contributed by atoms with Crippen molar-refractivity contribution in [2.75, 3.05) is 7.11 Å². The van der Waals surface area contributed by atoms with Crippen LogP contribution in [0.3, 0.4) is 0 Å². The summed E-state index contributed by atoms with van der Waals surface area (Å²) in [5.41, 5.74) is 0. The van der Waals surface area contributed by atoms with E-state index in [0.717, 1.165) is 7.11 Å². The molecular weight excluding hydrogens is 364 g/mol. The normalized spacial score (nSPS) is 46.7. The summed E-state index contributed by atoms with van der Waals surface area (Å²) >= 11 is 0. The maximum Gasteiger partial charge on any atom is 0.335 e. The minimum absolute atomic E-state index is 1.08. The standard InChI is InChI=1S/C13H20O13/c1-23-6-3(15)5(17)13(26-8(6)10(18)19)25-7-2(14)4(16)12(22)24-9(7)11(20)21/h2-9,12-17,22H,1H3,(H,18,19)(H,20,21)/t2?,3?,4?,5?,6-,7-,8?,9?,12+,13+/m0/s1. The summed E-state index contributed by atoms with van der Waals surface area (Å²) in [5.74, 6) is -3.22. The van der Waals surface area contributed by atoms with Crippen molar-refractivity contribution in [3.8, 4) is 0 Å². The number of carbonyl (C=O) groups is 2. The molecule has 0 aromatic rings. The van der Waals surface area contributed by atoms with Gasteiger partial charge >= 0.3 is 11.9 Å². The van der Waals surface area contributed by atoms with Crippen LogP contribution in [0.1, 0.15) is 0 Å². The molecule has 2 aliphatic heterocycles. The van der Waals surface area contributed by atoms with Gasteiger partial charge < -0.3 is 54.7 Å². The zero-order chi connectivity index (χ0) is 19.8. The van der Waals surface area contributed by atoms with Gasteiger partial charge in [0.2, 0.25) is 0 Å². The molecule has 2 aliphatic rings. The summed E-state index contributed by atoms with van der Waals surface area (Å²) < 4.78 is 19.6. The minimum Gasteiger partial charge on any atom is -0.479 e. The molecule has 2 saturated heterocycles. The Labute approximate surface area is 145 Å². The Hall–Kier alpha value is -1.42. The van der Waals surface area contributed by atoms with Crippen LogP contribution < -0.4 is 0 Å². The maximum absolute atomic E-state index is 11.3. The molecule has 0 radical (unpaired) electrons. The Morgan fingerprint density at radius 3 is 1.77 bits per heavy atom. The van der Waals surface area contributed by atoms with Crippen molar-refractivity contribution >= 4 is 11.9 Å². The number of aliphatic hydroxyl groups excluding tert-OH is 5. The molecule has 150 valence electrons. The quantitative estimate of drug-likeness (QED) is 0.238. The van der Waals surface area contributed by atoms with E-state index in [1.54, 1.807) is 0 Å². The molecule has 0 bridgehead atoms. The number of carboxylic acid groups (broad SMARTS) is 2. The lowest BCUT2D eigenvalue weighted by molar-refractivity contribution is -0.347. The van der Waals surface area contributed by atoms with E-state index in [1.165, 1.54) is 0 Å². The topological polar surface area (TPSA) is 213 Å². The summed E-state index contributed by atoms with van der Waals surface area (Å²) in [4.78, 5) is 22.5. The number of ether oxygens (including phenoxy) is 4. The fraction of sp³-hybridized carbons (Fsp3) is 0.846. The van der Waals surface area contributed by atoms with Gasteiger partial charge in [0, 0.05) is 7.11 Å². The second kappa shape index (κ2) is 8.08. The number of carboxylic acids is 2. The highest BCUT2D eigenvalue weighted by Crippen LogP contribution is 2.29. The van der Waals surface area contributed by atoms with Crippen LogP contribution in [-0.4, -0.2) is 116 Å². The zero-order valence-corrected chi connectivity index (χ0v) is 13.4. The van der Waals surface area contributed by atoms with Crippen LogP contribution in [0.15, 0.2) is 0 Å². The molecule has 13 heteroatoms. The molecule has 10 atom stereocenters. The highest BCUT2D eigenvalue weighted by Gasteiger charge is 2.53. The largest absolute Gasteiger partial charge is 0.479 e. The van der Waals surface area contributed by atoms with Gasteiger partial charge in [0.1, 0.15) is 36.6 Å². The van der Waals surface area contributed by atoms with E-state index in [0.29, 0.717) is 0 Å². The molecule has 2 fully saturated rings. The summed E-state index contributed by atoms with van der Waals surface area (Å²) in [6.45, 7) is 0. The fourth-order valence-electron chi connectivity index (χ4n) is 2.77. The maximum atomic E-state index is 11.3. The van der Waals surface area contributed by atoms with Gasteiger partial charge in [-0.05, 0) is 0 Å². The van der Waals surface area contributed by atoms with Crippen LogP contribution in [-0.2, 0) is 28.5 Å². The van der Waals surface area contributed by atoms with Crippen molar-refractivity contribution in [1.82, 2.24) is 0 Å². The third-order valence-electron chi connectivity index (χ3n) is 4.16. The minimum atomic E-state index is -2.02. The van der Waals surface area contributed by atoms with Gasteiger partial charge in [-0.25, -0.2) is 9.59 Å². The fourth-order valence-corrected chi connectivity index (χ4v) is 2.77. The first-order chi connectivity index (χ1) is 12.1. The smallest absolute Gasteiger partial charge is 0.335 e. The van der Waals surface area contributed by atoms with Gasteiger partial charge in [0.15, 0.2) is 24.8 Å². The second-order valence-electron chi connectivity index (χ2n) is 5.81. The molecule has 0 amide bonds. The average molecular weight is 384 g/mol. The predicted molar refractivity (Wildman–Crippen MR) is 74.5 cm³/mol. The molecule has 6 unspecified atom stereocenters. The molecule has 2 rings (SSSR count). The Kier molecular flexibility index (Phi) is 6.49. The summed E-state index contributed by atoms with van der Waals surface area (Å²) in [5, 5.41) is 67.3. The van der Waals surface area contributed by atoms with E-state index in [1.807, 2.05) is 0 Å². The van der Waals surface area contributed by atoms with Gasteiger partial charge in [0.05, 0.1) is 0 Å². The number of rotatable bonds is 5. The Morgan fingerprint density at radius 2 is 1.27 bits per heavy atom. The van der Waals surface area contributed by atoms with Crippen molar-refractivity contribution < 1.29 is 64.3 Å². The van der Waals surface area contributed by atoms with E-state index in [-0.39, 0.29) is 0 Å². The van der Waals surface area contributed by atoms with Gasteiger partial charge in [-0.1, -0.05) is 0 Å². The molecule has 0 spiro atoms. The molecule has 0 aromatic carbocycles. The molecule has 0 saturated carbocycles. The number of hydrogen-bond acceptors (Lipinski definition) is 11. The van der Waals surface area contributed by atoms with Crippen LogP contribution in [0.25, 0.3) is 0 Å². The van der Waals surface area contributed by atoms with E-state index in [9.17, 15) is 35.1 Å². The number of methoxy groups -OCH3 is 1. The van der Waals surface area contributed by atoms with Gasteiger partial charge in [-0.3, -0.25) is 0 Å². The first kappa shape index (κ1) is 20.9. The monoisotopic (exact) mass is 384 g/mol. The van der Waals surface area contributed by atoms with Gasteiger partial charge in [0.25, 0.3) is 0 Å².